The van der Waals surface area contributed by atoms with Crippen LogP contribution in [0.25, 0.3) is 0 Å². The Morgan fingerprint density at radius 3 is 2.92 bits per heavy atom. The van der Waals surface area contributed by atoms with Crippen LogP contribution in [0.5, 0.6) is 0 Å². The van der Waals surface area contributed by atoms with Crippen LogP contribution in [-0.2, 0) is 9.53 Å². The highest BCUT2D eigenvalue weighted by Crippen LogP contribution is 2.30. The summed E-state index contributed by atoms with van der Waals surface area (Å²) >= 11 is 0. The maximum Gasteiger partial charge on any atom is 0.140 e. The van der Waals surface area contributed by atoms with Crippen molar-refractivity contribution in [3.63, 3.8) is 0 Å². The molecular formula is C10H16O2. The summed E-state index contributed by atoms with van der Waals surface area (Å²) in [6.45, 7) is 0.667. The molecule has 2 rings (SSSR count). The van der Waals surface area contributed by atoms with Gasteiger partial charge in [0.05, 0.1) is 12.7 Å². The molecule has 1 aliphatic carbocycles. The van der Waals surface area contributed by atoms with Gasteiger partial charge in [0.25, 0.3) is 0 Å². The number of fused-ring (bicyclic) bond motifs is 1. The van der Waals surface area contributed by atoms with E-state index in [9.17, 15) is 4.79 Å². The molecule has 12 heavy (non-hydrogen) atoms. The molecule has 0 radical (unpaired) electrons. The van der Waals surface area contributed by atoms with Crippen LogP contribution in [0.3, 0.4) is 0 Å². The number of hydrogen-bond acceptors (Lipinski definition) is 2. The first-order valence-electron chi connectivity index (χ1n) is 5.02. The van der Waals surface area contributed by atoms with Gasteiger partial charge in [-0.2, -0.15) is 0 Å². The third-order valence-electron chi connectivity index (χ3n) is 3.05. The highest BCUT2D eigenvalue weighted by atomic mass is 16.5. The lowest BCUT2D eigenvalue weighted by atomic mass is 9.89. The summed E-state index contributed by atoms with van der Waals surface area (Å²) in [7, 11) is 0. The molecule has 0 aromatic rings. The lowest BCUT2D eigenvalue weighted by Crippen LogP contribution is -2.35. The number of carbonyl (C=O) groups is 1. The van der Waals surface area contributed by atoms with E-state index in [4.69, 9.17) is 4.74 Å². The van der Waals surface area contributed by atoms with Gasteiger partial charge in [0, 0.05) is 12.3 Å². The van der Waals surface area contributed by atoms with Crippen molar-refractivity contribution >= 4 is 5.78 Å². The zero-order chi connectivity index (χ0) is 8.39. The monoisotopic (exact) mass is 168 g/mol. The second kappa shape index (κ2) is 3.56. The van der Waals surface area contributed by atoms with Crippen LogP contribution in [0.4, 0.5) is 0 Å². The predicted octanol–water partition coefficient (Wildman–Crippen LogP) is 1.92. The van der Waals surface area contributed by atoms with E-state index < -0.39 is 0 Å². The van der Waals surface area contributed by atoms with E-state index in [0.29, 0.717) is 18.8 Å². The molecule has 2 fully saturated rings. The molecule has 2 heteroatoms. The number of Topliss-reactive ketones (excluding diaryl/α,β-unsaturated/α-hetero) is 1. The van der Waals surface area contributed by atoms with Crippen LogP contribution >= 0.6 is 0 Å². The number of rotatable bonds is 0. The smallest absolute Gasteiger partial charge is 0.140 e. The van der Waals surface area contributed by atoms with Crippen LogP contribution in [0.1, 0.15) is 38.5 Å². The summed E-state index contributed by atoms with van der Waals surface area (Å²) in [4.78, 5) is 11.5. The number of ether oxygens (including phenoxy) is 1. The van der Waals surface area contributed by atoms with Gasteiger partial charge in [-0.1, -0.05) is 19.3 Å². The fourth-order valence-corrected chi connectivity index (χ4v) is 2.34. The van der Waals surface area contributed by atoms with Gasteiger partial charge in [-0.3, -0.25) is 4.79 Å². The summed E-state index contributed by atoms with van der Waals surface area (Å²) in [6.07, 6.45) is 6.85. The Balaban J connectivity index is 2.05. The van der Waals surface area contributed by atoms with Crippen molar-refractivity contribution in [3.8, 4) is 0 Å². The molecule has 1 saturated heterocycles. The second-order valence-corrected chi connectivity index (χ2v) is 3.87. The third-order valence-corrected chi connectivity index (χ3v) is 3.05. The lowest BCUT2D eigenvalue weighted by Gasteiger charge is -2.28. The molecule has 2 atom stereocenters. The van der Waals surface area contributed by atoms with Crippen molar-refractivity contribution in [2.24, 2.45) is 5.92 Å². The number of carbonyl (C=O) groups excluding carboxylic acids is 1. The largest absolute Gasteiger partial charge is 0.377 e. The molecule has 0 spiro atoms. The fourth-order valence-electron chi connectivity index (χ4n) is 2.34. The first-order chi connectivity index (χ1) is 5.88. The fraction of sp³-hybridized carbons (Fsp3) is 0.900. The summed E-state index contributed by atoms with van der Waals surface area (Å²) in [5.74, 6) is 0.703. The maximum absolute atomic E-state index is 11.5. The minimum Gasteiger partial charge on any atom is -0.377 e. The molecule has 68 valence electrons. The molecule has 1 saturated carbocycles. The number of ketones is 1. The van der Waals surface area contributed by atoms with Crippen LogP contribution in [-0.4, -0.2) is 18.5 Å². The van der Waals surface area contributed by atoms with E-state index in [1.54, 1.807) is 0 Å². The van der Waals surface area contributed by atoms with Gasteiger partial charge < -0.3 is 4.74 Å². The summed E-state index contributed by atoms with van der Waals surface area (Å²) in [6, 6.07) is 0. The Morgan fingerprint density at radius 1 is 1.17 bits per heavy atom. The van der Waals surface area contributed by atoms with E-state index in [2.05, 4.69) is 0 Å². The molecule has 0 aromatic carbocycles. The van der Waals surface area contributed by atoms with Gasteiger partial charge in [0.1, 0.15) is 5.78 Å². The minimum atomic E-state index is 0.251. The topological polar surface area (TPSA) is 26.3 Å². The minimum absolute atomic E-state index is 0.251. The molecule has 0 aromatic heterocycles. The van der Waals surface area contributed by atoms with Crippen molar-refractivity contribution in [2.45, 2.75) is 44.6 Å². The molecule has 2 aliphatic rings. The SMILES string of the molecule is O=C1CCOC2CCCCCC12. The predicted molar refractivity (Wildman–Crippen MR) is 45.9 cm³/mol. The first kappa shape index (κ1) is 8.24. The maximum atomic E-state index is 11.5. The molecule has 0 N–H and O–H groups in total. The Bertz CT molecular complexity index is 177. The van der Waals surface area contributed by atoms with Crippen LogP contribution in [0, 0.1) is 5.92 Å². The molecular weight excluding hydrogens is 152 g/mol. The van der Waals surface area contributed by atoms with Gasteiger partial charge in [0.2, 0.25) is 0 Å². The molecule has 2 nitrogen and oxygen atoms in total. The van der Waals surface area contributed by atoms with Crippen molar-refractivity contribution in [2.75, 3.05) is 6.61 Å². The first-order valence-corrected chi connectivity index (χ1v) is 5.02. The molecule has 1 heterocycles. The van der Waals surface area contributed by atoms with E-state index in [-0.39, 0.29) is 12.0 Å². The molecule has 0 amide bonds. The van der Waals surface area contributed by atoms with Crippen LogP contribution in [0.2, 0.25) is 0 Å². The standard InChI is InChI=1S/C10H16O2/c11-9-6-7-12-10-5-3-1-2-4-8(9)10/h8,10H,1-7H2. The summed E-state index contributed by atoms with van der Waals surface area (Å²) in [5.41, 5.74) is 0. The van der Waals surface area contributed by atoms with Crippen molar-refractivity contribution in [3.05, 3.63) is 0 Å². The van der Waals surface area contributed by atoms with Crippen LogP contribution < -0.4 is 0 Å². The quantitative estimate of drug-likeness (QED) is 0.552. The zero-order valence-corrected chi connectivity index (χ0v) is 7.42. The van der Waals surface area contributed by atoms with Gasteiger partial charge >= 0.3 is 0 Å². The average molecular weight is 168 g/mol. The lowest BCUT2D eigenvalue weighted by molar-refractivity contribution is -0.137. The number of hydrogen-bond donors (Lipinski definition) is 0. The highest BCUT2D eigenvalue weighted by Gasteiger charge is 2.32. The van der Waals surface area contributed by atoms with Crippen molar-refractivity contribution < 1.29 is 9.53 Å². The average Bonchev–Trinajstić information content (AvgIpc) is 2.30. The molecule has 2 unspecified atom stereocenters. The van der Waals surface area contributed by atoms with E-state index in [0.717, 1.165) is 12.8 Å². The highest BCUT2D eigenvalue weighted by molar-refractivity contribution is 5.82. The Kier molecular flexibility index (Phi) is 2.45. The van der Waals surface area contributed by atoms with Gasteiger partial charge in [0.15, 0.2) is 0 Å². The normalized spacial score (nSPS) is 37.2. The summed E-state index contributed by atoms with van der Waals surface area (Å²) < 4.78 is 5.61. The van der Waals surface area contributed by atoms with Gasteiger partial charge in [-0.15, -0.1) is 0 Å². The van der Waals surface area contributed by atoms with E-state index >= 15 is 0 Å². The van der Waals surface area contributed by atoms with Crippen molar-refractivity contribution in [1.82, 2.24) is 0 Å². The van der Waals surface area contributed by atoms with E-state index in [1.807, 2.05) is 0 Å². The second-order valence-electron chi connectivity index (χ2n) is 3.87. The summed E-state index contributed by atoms with van der Waals surface area (Å²) in [5, 5.41) is 0. The molecule has 0 bridgehead atoms. The Labute approximate surface area is 73.3 Å². The van der Waals surface area contributed by atoms with Gasteiger partial charge in [-0.25, -0.2) is 0 Å². The molecule has 1 aliphatic heterocycles. The van der Waals surface area contributed by atoms with Gasteiger partial charge in [-0.05, 0) is 12.8 Å². The van der Waals surface area contributed by atoms with Crippen molar-refractivity contribution in [1.29, 1.82) is 0 Å². The van der Waals surface area contributed by atoms with Crippen LogP contribution in [0.15, 0.2) is 0 Å². The van der Waals surface area contributed by atoms with E-state index in [1.165, 1.54) is 19.3 Å². The third kappa shape index (κ3) is 1.53. The Morgan fingerprint density at radius 2 is 2.00 bits per heavy atom. The Hall–Kier alpha value is -0.370. The zero-order valence-electron chi connectivity index (χ0n) is 7.42.